The van der Waals surface area contributed by atoms with Crippen molar-refractivity contribution in [2.75, 3.05) is 19.7 Å². The zero-order valence-electron chi connectivity index (χ0n) is 12.1. The van der Waals surface area contributed by atoms with Crippen LogP contribution in [0.2, 0.25) is 0 Å². The zero-order valence-corrected chi connectivity index (χ0v) is 12.1. The average Bonchev–Trinajstić information content (AvgIpc) is 2.79. The van der Waals surface area contributed by atoms with E-state index in [-0.39, 0.29) is 17.7 Å². The van der Waals surface area contributed by atoms with Gasteiger partial charge in [0.1, 0.15) is 0 Å². The van der Waals surface area contributed by atoms with Gasteiger partial charge in [-0.2, -0.15) is 13.2 Å². The molecule has 1 atom stereocenters. The van der Waals surface area contributed by atoms with Crippen LogP contribution in [-0.4, -0.2) is 31.2 Å². The lowest BCUT2D eigenvalue weighted by Crippen LogP contribution is -2.49. The number of ether oxygens (including phenoxy) is 1. The van der Waals surface area contributed by atoms with E-state index in [1.165, 1.54) is 0 Å². The van der Waals surface area contributed by atoms with E-state index >= 15 is 0 Å². The standard InChI is InChI=1S/C15H17F3N2O2/c1-14(8-19-2-3-22-14)6-9-4-10-11(7-20-13(10)21)12(5-9)15(16,17)18/h4-5,19H,2-3,6-8H2,1H3,(H,20,21). The topological polar surface area (TPSA) is 50.4 Å². The van der Waals surface area contributed by atoms with Crippen molar-refractivity contribution >= 4 is 5.91 Å². The van der Waals surface area contributed by atoms with Crippen LogP contribution in [0.5, 0.6) is 0 Å². The lowest BCUT2D eigenvalue weighted by Gasteiger charge is -2.34. The highest BCUT2D eigenvalue weighted by Gasteiger charge is 2.38. The van der Waals surface area contributed by atoms with Crippen molar-refractivity contribution in [1.29, 1.82) is 0 Å². The SMILES string of the molecule is CC1(Cc2cc3c(c(C(F)(F)F)c2)CNC3=O)CNCCO1. The van der Waals surface area contributed by atoms with Crippen molar-refractivity contribution in [3.05, 3.63) is 34.4 Å². The Morgan fingerprint density at radius 2 is 2.14 bits per heavy atom. The third-order valence-corrected chi connectivity index (χ3v) is 4.09. The van der Waals surface area contributed by atoms with Gasteiger partial charge < -0.3 is 15.4 Å². The van der Waals surface area contributed by atoms with Gasteiger partial charge in [0.15, 0.2) is 0 Å². The number of rotatable bonds is 2. The summed E-state index contributed by atoms with van der Waals surface area (Å²) in [5, 5.41) is 5.63. The molecule has 3 rings (SSSR count). The lowest BCUT2D eigenvalue weighted by atomic mass is 9.91. The largest absolute Gasteiger partial charge is 0.416 e. The number of halogens is 3. The molecule has 120 valence electrons. The van der Waals surface area contributed by atoms with Crippen molar-refractivity contribution in [3.8, 4) is 0 Å². The molecule has 1 saturated heterocycles. The Hall–Kier alpha value is -1.60. The van der Waals surface area contributed by atoms with Crippen molar-refractivity contribution in [2.45, 2.75) is 31.7 Å². The van der Waals surface area contributed by atoms with Gasteiger partial charge in [-0.05, 0) is 30.2 Å². The third kappa shape index (κ3) is 2.83. The number of amides is 1. The van der Waals surface area contributed by atoms with Crippen LogP contribution < -0.4 is 10.6 Å². The van der Waals surface area contributed by atoms with E-state index in [0.29, 0.717) is 25.1 Å². The molecule has 0 spiro atoms. The molecular weight excluding hydrogens is 297 g/mol. The normalized spacial score (nSPS) is 25.0. The third-order valence-electron chi connectivity index (χ3n) is 4.09. The Bertz CT molecular complexity index is 608. The Morgan fingerprint density at radius 1 is 1.36 bits per heavy atom. The van der Waals surface area contributed by atoms with Crippen LogP contribution in [0.25, 0.3) is 0 Å². The van der Waals surface area contributed by atoms with E-state index in [4.69, 9.17) is 4.74 Å². The maximum absolute atomic E-state index is 13.2. The highest BCUT2D eigenvalue weighted by molar-refractivity contribution is 5.99. The first-order chi connectivity index (χ1) is 10.3. The summed E-state index contributed by atoms with van der Waals surface area (Å²) in [6.45, 7) is 3.61. The van der Waals surface area contributed by atoms with Crippen LogP contribution in [0.4, 0.5) is 13.2 Å². The second-order valence-corrected chi connectivity index (χ2v) is 6.00. The summed E-state index contributed by atoms with van der Waals surface area (Å²) in [5.41, 5.74) is -0.670. The van der Waals surface area contributed by atoms with Crippen molar-refractivity contribution < 1.29 is 22.7 Å². The van der Waals surface area contributed by atoms with Gasteiger partial charge in [-0.1, -0.05) is 0 Å². The number of nitrogens with one attached hydrogen (secondary N) is 2. The molecule has 2 aliphatic rings. The fourth-order valence-corrected chi connectivity index (χ4v) is 3.06. The summed E-state index contributed by atoms with van der Waals surface area (Å²) in [6.07, 6.45) is -4.15. The molecule has 0 radical (unpaired) electrons. The van der Waals surface area contributed by atoms with Crippen molar-refractivity contribution in [1.82, 2.24) is 10.6 Å². The molecular formula is C15H17F3N2O2. The fourth-order valence-electron chi connectivity index (χ4n) is 3.06. The lowest BCUT2D eigenvalue weighted by molar-refractivity contribution is -0.138. The molecule has 0 saturated carbocycles. The summed E-state index contributed by atoms with van der Waals surface area (Å²) in [7, 11) is 0. The Balaban J connectivity index is 1.99. The van der Waals surface area contributed by atoms with E-state index in [1.807, 2.05) is 6.92 Å². The second kappa shape index (κ2) is 5.24. The maximum Gasteiger partial charge on any atom is 0.416 e. The Kier molecular flexibility index (Phi) is 3.65. The van der Waals surface area contributed by atoms with E-state index in [9.17, 15) is 18.0 Å². The Labute approximate surface area is 126 Å². The van der Waals surface area contributed by atoms with Crippen LogP contribution in [0.1, 0.15) is 34.0 Å². The van der Waals surface area contributed by atoms with Crippen LogP contribution in [0.3, 0.4) is 0 Å². The number of fused-ring (bicyclic) bond motifs is 1. The number of alkyl halides is 3. The van der Waals surface area contributed by atoms with Gasteiger partial charge in [0.25, 0.3) is 5.91 Å². The zero-order chi connectivity index (χ0) is 16.0. The van der Waals surface area contributed by atoms with Gasteiger partial charge in [-0.25, -0.2) is 0 Å². The van der Waals surface area contributed by atoms with Gasteiger partial charge in [0, 0.05) is 31.6 Å². The first-order valence-electron chi connectivity index (χ1n) is 7.14. The number of morpholine rings is 1. The van der Waals surface area contributed by atoms with E-state index in [0.717, 1.165) is 12.6 Å². The monoisotopic (exact) mass is 314 g/mol. The van der Waals surface area contributed by atoms with Crippen molar-refractivity contribution in [2.24, 2.45) is 0 Å². The minimum Gasteiger partial charge on any atom is -0.372 e. The predicted molar refractivity (Wildman–Crippen MR) is 73.5 cm³/mol. The van der Waals surface area contributed by atoms with E-state index in [1.54, 1.807) is 6.07 Å². The molecule has 0 bridgehead atoms. The Morgan fingerprint density at radius 3 is 2.77 bits per heavy atom. The quantitative estimate of drug-likeness (QED) is 0.876. The van der Waals surface area contributed by atoms with E-state index < -0.39 is 23.2 Å². The van der Waals surface area contributed by atoms with Crippen LogP contribution in [-0.2, 0) is 23.9 Å². The number of carbonyl (C=O) groups excluding carboxylic acids is 1. The summed E-state index contributed by atoms with van der Waals surface area (Å²) in [5.74, 6) is -0.449. The van der Waals surface area contributed by atoms with E-state index in [2.05, 4.69) is 10.6 Å². The molecule has 2 aliphatic heterocycles. The van der Waals surface area contributed by atoms with Gasteiger partial charge in [0.05, 0.1) is 17.8 Å². The molecule has 2 N–H and O–H groups in total. The number of hydrogen-bond acceptors (Lipinski definition) is 3. The first kappa shape index (κ1) is 15.3. The molecule has 1 fully saturated rings. The molecule has 7 heteroatoms. The molecule has 1 unspecified atom stereocenters. The van der Waals surface area contributed by atoms with Crippen LogP contribution >= 0.6 is 0 Å². The van der Waals surface area contributed by atoms with Crippen molar-refractivity contribution in [3.63, 3.8) is 0 Å². The van der Waals surface area contributed by atoms with Gasteiger partial charge in [-0.3, -0.25) is 4.79 Å². The minimum absolute atomic E-state index is 0.0362. The maximum atomic E-state index is 13.2. The highest BCUT2D eigenvalue weighted by Crippen LogP contribution is 2.37. The number of benzene rings is 1. The molecule has 1 aromatic rings. The smallest absolute Gasteiger partial charge is 0.372 e. The molecule has 2 heterocycles. The molecule has 4 nitrogen and oxygen atoms in total. The molecule has 0 aromatic heterocycles. The second-order valence-electron chi connectivity index (χ2n) is 6.00. The molecule has 1 amide bonds. The van der Waals surface area contributed by atoms with Crippen LogP contribution in [0.15, 0.2) is 12.1 Å². The summed E-state index contributed by atoms with van der Waals surface area (Å²) in [6, 6.07) is 2.69. The first-order valence-corrected chi connectivity index (χ1v) is 7.14. The number of hydrogen-bond donors (Lipinski definition) is 2. The van der Waals surface area contributed by atoms with Crippen LogP contribution in [0, 0.1) is 0 Å². The molecule has 0 aliphatic carbocycles. The molecule has 1 aromatic carbocycles. The summed E-state index contributed by atoms with van der Waals surface area (Å²) in [4.78, 5) is 11.7. The van der Waals surface area contributed by atoms with Gasteiger partial charge in [0.2, 0.25) is 0 Å². The summed E-state index contributed by atoms with van der Waals surface area (Å²) < 4.78 is 45.4. The highest BCUT2D eigenvalue weighted by atomic mass is 19.4. The van der Waals surface area contributed by atoms with Gasteiger partial charge >= 0.3 is 6.18 Å². The van der Waals surface area contributed by atoms with Gasteiger partial charge in [-0.15, -0.1) is 0 Å². The predicted octanol–water partition coefficient (Wildman–Crippen LogP) is 1.87. The molecule has 22 heavy (non-hydrogen) atoms. The fraction of sp³-hybridized carbons (Fsp3) is 0.533. The summed E-state index contributed by atoms with van der Waals surface area (Å²) >= 11 is 0. The average molecular weight is 314 g/mol. The minimum atomic E-state index is -4.47. The number of carbonyl (C=O) groups is 1.